The minimum absolute atomic E-state index is 0.0256. The number of aromatic carboxylic acids is 1. The second-order valence-corrected chi connectivity index (χ2v) is 3.23. The second-order valence-electron chi connectivity index (χ2n) is 3.23. The van der Waals surface area contributed by atoms with Gasteiger partial charge in [0.05, 0.1) is 24.0 Å². The van der Waals surface area contributed by atoms with Gasteiger partial charge in [0.15, 0.2) is 0 Å². The summed E-state index contributed by atoms with van der Waals surface area (Å²) >= 11 is 0. The van der Waals surface area contributed by atoms with E-state index in [9.17, 15) is 14.4 Å². The normalized spacial score (nSPS) is 9.47. The predicted octanol–water partition coefficient (Wildman–Crippen LogP) is -0.146. The van der Waals surface area contributed by atoms with Crippen molar-refractivity contribution in [2.75, 3.05) is 11.9 Å². The molecule has 17 heavy (non-hydrogen) atoms. The molecule has 0 saturated heterocycles. The molecule has 0 aliphatic carbocycles. The number of carboxylic acid groups (broad SMARTS) is 1. The third-order valence-electron chi connectivity index (χ3n) is 1.77. The summed E-state index contributed by atoms with van der Waals surface area (Å²) < 4.78 is 0. The van der Waals surface area contributed by atoms with Gasteiger partial charge in [-0.3, -0.25) is 14.6 Å². The molecule has 1 heterocycles. The fourth-order valence-electron chi connectivity index (χ4n) is 1.04. The maximum atomic E-state index is 11.3. The smallest absolute Gasteiger partial charge is 0.337 e. The van der Waals surface area contributed by atoms with E-state index in [-0.39, 0.29) is 23.7 Å². The number of hydrogen-bond acceptors (Lipinski definition) is 4. The van der Waals surface area contributed by atoms with Gasteiger partial charge in [0.25, 0.3) is 0 Å². The van der Waals surface area contributed by atoms with Crippen LogP contribution in [-0.2, 0) is 9.59 Å². The fraction of sp³-hybridized carbons (Fsp3) is 0.200. The summed E-state index contributed by atoms with van der Waals surface area (Å²) in [5.74, 6) is -1.91. The van der Waals surface area contributed by atoms with Crippen molar-refractivity contribution in [3.8, 4) is 0 Å². The first-order valence-electron chi connectivity index (χ1n) is 4.71. The van der Waals surface area contributed by atoms with Crippen molar-refractivity contribution in [2.45, 2.75) is 6.92 Å². The zero-order valence-electron chi connectivity index (χ0n) is 9.06. The third kappa shape index (κ3) is 4.29. The lowest BCUT2D eigenvalue weighted by atomic mass is 10.2. The first kappa shape index (κ1) is 12.6. The van der Waals surface area contributed by atoms with Crippen molar-refractivity contribution in [3.05, 3.63) is 24.0 Å². The van der Waals surface area contributed by atoms with Gasteiger partial charge >= 0.3 is 5.97 Å². The maximum Gasteiger partial charge on any atom is 0.337 e. The monoisotopic (exact) mass is 237 g/mol. The highest BCUT2D eigenvalue weighted by Gasteiger charge is 2.07. The number of hydrogen-bond donors (Lipinski definition) is 3. The minimum atomic E-state index is -1.13. The lowest BCUT2D eigenvalue weighted by molar-refractivity contribution is -0.122. The Hall–Kier alpha value is -2.44. The Morgan fingerprint density at radius 3 is 2.65 bits per heavy atom. The lowest BCUT2D eigenvalue weighted by Gasteiger charge is -2.05. The van der Waals surface area contributed by atoms with Crippen LogP contribution in [0.3, 0.4) is 0 Å². The number of amides is 2. The molecule has 0 unspecified atom stereocenters. The van der Waals surface area contributed by atoms with Crippen molar-refractivity contribution in [2.24, 2.45) is 0 Å². The number of nitrogens with one attached hydrogen (secondary N) is 2. The van der Waals surface area contributed by atoms with E-state index in [1.165, 1.54) is 25.4 Å². The van der Waals surface area contributed by atoms with Crippen LogP contribution in [0, 0.1) is 0 Å². The molecule has 3 N–H and O–H groups in total. The van der Waals surface area contributed by atoms with Crippen molar-refractivity contribution in [1.82, 2.24) is 10.3 Å². The molecule has 2 amide bonds. The number of anilines is 1. The van der Waals surface area contributed by atoms with E-state index in [4.69, 9.17) is 5.11 Å². The van der Waals surface area contributed by atoms with Gasteiger partial charge in [0.2, 0.25) is 11.8 Å². The maximum absolute atomic E-state index is 11.3. The van der Waals surface area contributed by atoms with Crippen molar-refractivity contribution < 1.29 is 19.5 Å². The number of carboxylic acids is 1. The van der Waals surface area contributed by atoms with E-state index in [0.717, 1.165) is 0 Å². The number of pyridine rings is 1. The number of carbonyl (C=O) groups is 3. The van der Waals surface area contributed by atoms with Gasteiger partial charge in [-0.1, -0.05) is 0 Å². The van der Waals surface area contributed by atoms with Crippen molar-refractivity contribution in [3.63, 3.8) is 0 Å². The largest absolute Gasteiger partial charge is 0.478 e. The summed E-state index contributed by atoms with van der Waals surface area (Å²) in [4.78, 5) is 36.2. The van der Waals surface area contributed by atoms with Gasteiger partial charge in [-0.2, -0.15) is 0 Å². The first-order chi connectivity index (χ1) is 7.99. The van der Waals surface area contributed by atoms with Gasteiger partial charge in [-0.25, -0.2) is 4.79 Å². The molecular formula is C10H11N3O4. The second kappa shape index (κ2) is 5.59. The molecule has 0 spiro atoms. The molecule has 7 nitrogen and oxygen atoms in total. The van der Waals surface area contributed by atoms with Crippen molar-refractivity contribution in [1.29, 1.82) is 0 Å². The molecule has 0 aliphatic rings. The van der Waals surface area contributed by atoms with E-state index < -0.39 is 11.9 Å². The molecule has 0 fully saturated rings. The van der Waals surface area contributed by atoms with Gasteiger partial charge < -0.3 is 15.7 Å². The molecule has 1 aromatic heterocycles. The average Bonchev–Trinajstić information content (AvgIpc) is 2.26. The molecule has 0 aliphatic heterocycles. The molecule has 0 saturated carbocycles. The molecule has 1 aromatic rings. The van der Waals surface area contributed by atoms with Gasteiger partial charge in [-0.15, -0.1) is 0 Å². The topological polar surface area (TPSA) is 108 Å². The molecule has 1 rings (SSSR count). The predicted molar refractivity (Wildman–Crippen MR) is 58.5 cm³/mol. The zero-order valence-corrected chi connectivity index (χ0v) is 9.06. The van der Waals surface area contributed by atoms with Crippen LogP contribution in [-0.4, -0.2) is 34.4 Å². The number of rotatable bonds is 4. The van der Waals surface area contributed by atoms with Crippen LogP contribution in [0.25, 0.3) is 0 Å². The van der Waals surface area contributed by atoms with E-state index in [2.05, 4.69) is 15.6 Å². The summed E-state index contributed by atoms with van der Waals surface area (Å²) in [7, 11) is 0. The molecule has 0 atom stereocenters. The third-order valence-corrected chi connectivity index (χ3v) is 1.77. The van der Waals surface area contributed by atoms with Crippen molar-refractivity contribution >= 4 is 23.5 Å². The van der Waals surface area contributed by atoms with Gasteiger partial charge in [-0.05, 0) is 6.07 Å². The van der Waals surface area contributed by atoms with E-state index >= 15 is 0 Å². The summed E-state index contributed by atoms with van der Waals surface area (Å²) in [5.41, 5.74) is 0.238. The molecule has 7 heteroatoms. The number of aromatic nitrogens is 1. The highest BCUT2D eigenvalue weighted by molar-refractivity contribution is 5.95. The first-order valence-corrected chi connectivity index (χ1v) is 4.71. The Kier molecular flexibility index (Phi) is 4.15. The highest BCUT2D eigenvalue weighted by atomic mass is 16.4. The molecular weight excluding hydrogens is 226 g/mol. The van der Waals surface area contributed by atoms with E-state index in [1.54, 1.807) is 0 Å². The summed E-state index contributed by atoms with van der Waals surface area (Å²) in [5, 5.41) is 13.4. The molecule has 90 valence electrons. The van der Waals surface area contributed by atoms with Crippen LogP contribution in [0.2, 0.25) is 0 Å². The summed E-state index contributed by atoms with van der Waals surface area (Å²) in [6, 6.07) is 1.28. The SMILES string of the molecule is CC(=O)NCC(=O)Nc1cncc(C(=O)O)c1. The van der Waals surface area contributed by atoms with Crippen LogP contribution in [0.5, 0.6) is 0 Å². The van der Waals surface area contributed by atoms with Crippen LogP contribution in [0.4, 0.5) is 5.69 Å². The van der Waals surface area contributed by atoms with Crippen LogP contribution in [0.15, 0.2) is 18.5 Å². The molecule has 0 radical (unpaired) electrons. The van der Waals surface area contributed by atoms with Crippen LogP contribution in [0.1, 0.15) is 17.3 Å². The number of nitrogens with zero attached hydrogens (tertiary/aromatic N) is 1. The Balaban J connectivity index is 2.62. The summed E-state index contributed by atoms with van der Waals surface area (Å²) in [6.07, 6.45) is 2.49. The number of carbonyl (C=O) groups excluding carboxylic acids is 2. The highest BCUT2D eigenvalue weighted by Crippen LogP contribution is 2.07. The fourth-order valence-corrected chi connectivity index (χ4v) is 1.04. The molecule has 0 bridgehead atoms. The Labute approximate surface area is 96.9 Å². The van der Waals surface area contributed by atoms with Crippen LogP contribution >= 0.6 is 0 Å². The summed E-state index contributed by atoms with van der Waals surface area (Å²) in [6.45, 7) is 1.12. The Morgan fingerprint density at radius 2 is 2.06 bits per heavy atom. The van der Waals surface area contributed by atoms with Crippen LogP contribution < -0.4 is 10.6 Å². The molecule has 0 aromatic carbocycles. The standard InChI is InChI=1S/C10H11N3O4/c1-6(14)12-5-9(15)13-8-2-7(10(16)17)3-11-4-8/h2-4H,5H2,1H3,(H,12,14)(H,13,15)(H,16,17). The Bertz CT molecular complexity index is 459. The van der Waals surface area contributed by atoms with Gasteiger partial charge in [0, 0.05) is 13.1 Å². The Morgan fingerprint density at radius 1 is 1.35 bits per heavy atom. The van der Waals surface area contributed by atoms with E-state index in [0.29, 0.717) is 0 Å². The quantitative estimate of drug-likeness (QED) is 0.675. The zero-order chi connectivity index (χ0) is 12.8. The lowest BCUT2D eigenvalue weighted by Crippen LogP contribution is -2.31. The van der Waals surface area contributed by atoms with Gasteiger partial charge in [0.1, 0.15) is 0 Å². The average molecular weight is 237 g/mol. The van der Waals surface area contributed by atoms with E-state index in [1.807, 2.05) is 0 Å². The minimum Gasteiger partial charge on any atom is -0.478 e.